The fourth-order valence-electron chi connectivity index (χ4n) is 3.55. The monoisotopic (exact) mass is 540 g/mol. The normalized spacial score (nSPS) is 11.2. The van der Waals surface area contributed by atoms with E-state index in [1.165, 1.54) is 44.2 Å². The fourth-order valence-corrected chi connectivity index (χ4v) is 3.72. The van der Waals surface area contributed by atoms with Crippen LogP contribution >= 0.6 is 11.6 Å². The first kappa shape index (κ1) is 28.3. The minimum atomic E-state index is -0.995. The Kier molecular flexibility index (Phi) is 9.95. The van der Waals surface area contributed by atoms with Crippen LogP contribution in [0.5, 0.6) is 17.2 Å². The van der Waals surface area contributed by atoms with Crippen LogP contribution in [0.2, 0.25) is 5.02 Å². The van der Waals surface area contributed by atoms with Crippen molar-refractivity contribution in [3.05, 3.63) is 82.9 Å². The average Bonchev–Trinajstić information content (AvgIpc) is 2.91. The number of rotatable bonds is 11. The molecule has 3 aromatic carbocycles. The highest BCUT2D eigenvalue weighted by atomic mass is 35.5. The zero-order chi connectivity index (χ0) is 27.7. The van der Waals surface area contributed by atoms with E-state index in [-0.39, 0.29) is 29.6 Å². The van der Waals surface area contributed by atoms with Crippen LogP contribution in [0.4, 0.5) is 5.69 Å². The number of hydrogen-bond donors (Lipinski definition) is 1. The number of anilines is 1. The largest absolute Gasteiger partial charge is 0.495 e. The predicted octanol–water partition coefficient (Wildman–Crippen LogP) is 4.58. The third kappa shape index (κ3) is 7.63. The maximum Gasteiger partial charge on any atom is 0.339 e. The van der Waals surface area contributed by atoms with Gasteiger partial charge in [0.15, 0.2) is 24.2 Å². The van der Waals surface area contributed by atoms with Gasteiger partial charge in [-0.25, -0.2) is 4.79 Å². The molecule has 9 nitrogen and oxygen atoms in total. The molecule has 0 aliphatic carbocycles. The minimum Gasteiger partial charge on any atom is -0.495 e. The first-order valence-corrected chi connectivity index (χ1v) is 12.0. The Bertz CT molecular complexity index is 1280. The number of carbonyl (C=O) groups excluding carboxylic acids is 3. The Morgan fingerprint density at radius 2 is 1.61 bits per heavy atom. The van der Waals surface area contributed by atoms with E-state index < -0.39 is 18.0 Å². The molecule has 3 aromatic rings. The van der Waals surface area contributed by atoms with Crippen molar-refractivity contribution in [3.8, 4) is 17.2 Å². The summed E-state index contributed by atoms with van der Waals surface area (Å²) in [6, 6.07) is 18.7. The molecule has 0 saturated carbocycles. The second-order valence-corrected chi connectivity index (χ2v) is 8.71. The number of hydrogen-bond acceptors (Lipinski definition) is 7. The molecule has 0 heterocycles. The Morgan fingerprint density at radius 1 is 0.921 bits per heavy atom. The van der Waals surface area contributed by atoms with Crippen LogP contribution < -0.4 is 19.5 Å². The number of benzene rings is 3. The number of amides is 2. The van der Waals surface area contributed by atoms with Gasteiger partial charge in [0.05, 0.1) is 25.5 Å². The van der Waals surface area contributed by atoms with Gasteiger partial charge in [0.2, 0.25) is 0 Å². The number of nitrogens with one attached hydrogen (secondary N) is 1. The molecule has 0 saturated heterocycles. The highest BCUT2D eigenvalue weighted by Crippen LogP contribution is 2.30. The molecular formula is C28H29ClN2O7. The summed E-state index contributed by atoms with van der Waals surface area (Å²) in [5, 5.41) is 3.11. The molecule has 38 heavy (non-hydrogen) atoms. The van der Waals surface area contributed by atoms with Crippen molar-refractivity contribution in [1.29, 1.82) is 0 Å². The summed E-state index contributed by atoms with van der Waals surface area (Å²) in [6.07, 6.45) is -0.995. The molecule has 200 valence electrons. The van der Waals surface area contributed by atoms with E-state index >= 15 is 0 Å². The molecule has 0 radical (unpaired) electrons. The van der Waals surface area contributed by atoms with Crippen molar-refractivity contribution >= 4 is 35.1 Å². The average molecular weight is 541 g/mol. The molecule has 0 aromatic heterocycles. The Labute approximate surface area is 226 Å². The Morgan fingerprint density at radius 3 is 2.29 bits per heavy atom. The lowest BCUT2D eigenvalue weighted by Gasteiger charge is -2.21. The molecule has 1 atom stereocenters. The van der Waals surface area contributed by atoms with Crippen LogP contribution in [0.25, 0.3) is 0 Å². The van der Waals surface area contributed by atoms with Crippen molar-refractivity contribution in [2.75, 3.05) is 33.2 Å². The van der Waals surface area contributed by atoms with Crippen LogP contribution in [0, 0.1) is 0 Å². The second kappa shape index (κ2) is 13.3. The fraction of sp³-hybridized carbons (Fsp3) is 0.250. The highest BCUT2D eigenvalue weighted by Gasteiger charge is 2.23. The van der Waals surface area contributed by atoms with Gasteiger partial charge < -0.3 is 29.2 Å². The molecular weight excluding hydrogens is 512 g/mol. The van der Waals surface area contributed by atoms with E-state index in [0.717, 1.165) is 5.56 Å². The quantitative estimate of drug-likeness (QED) is 0.355. The summed E-state index contributed by atoms with van der Waals surface area (Å²) in [7, 11) is 4.53. The van der Waals surface area contributed by atoms with Crippen LogP contribution in [0.1, 0.15) is 22.8 Å². The van der Waals surface area contributed by atoms with Crippen molar-refractivity contribution < 1.29 is 33.3 Å². The summed E-state index contributed by atoms with van der Waals surface area (Å²) in [4.78, 5) is 39.3. The van der Waals surface area contributed by atoms with E-state index in [4.69, 9.17) is 30.5 Å². The van der Waals surface area contributed by atoms with Gasteiger partial charge in [-0.15, -0.1) is 0 Å². The van der Waals surface area contributed by atoms with Gasteiger partial charge in [-0.3, -0.25) is 9.59 Å². The Balaban J connectivity index is 1.58. The third-order valence-corrected chi connectivity index (χ3v) is 5.70. The maximum absolute atomic E-state index is 12.7. The van der Waals surface area contributed by atoms with E-state index in [1.54, 1.807) is 25.2 Å². The molecule has 0 bridgehead atoms. The molecule has 0 fully saturated rings. The zero-order valence-electron chi connectivity index (χ0n) is 21.5. The van der Waals surface area contributed by atoms with Crippen molar-refractivity contribution in [1.82, 2.24) is 4.90 Å². The molecule has 10 heteroatoms. The molecule has 1 unspecified atom stereocenters. The maximum atomic E-state index is 12.7. The number of ether oxygens (including phenoxy) is 4. The first-order valence-electron chi connectivity index (χ1n) is 11.7. The van der Waals surface area contributed by atoms with Crippen LogP contribution in [-0.4, -0.2) is 56.7 Å². The van der Waals surface area contributed by atoms with Gasteiger partial charge in [0.25, 0.3) is 11.8 Å². The van der Waals surface area contributed by atoms with E-state index in [9.17, 15) is 14.4 Å². The summed E-state index contributed by atoms with van der Waals surface area (Å²) >= 11 is 5.99. The second-order valence-electron chi connectivity index (χ2n) is 8.27. The van der Waals surface area contributed by atoms with Gasteiger partial charge in [-0.05, 0) is 48.9 Å². The standard InChI is InChI=1S/C28H29ClN2O7/c1-18(27(33)31(2)16-19-8-6-5-7-9-19)38-28(34)20-10-12-24(25(14-20)36-4)37-17-26(32)30-22-15-21(29)11-13-23(22)35-3/h5-15,18H,16-17H2,1-4H3,(H,30,32). The molecule has 0 spiro atoms. The van der Waals surface area contributed by atoms with Gasteiger partial charge in [-0.2, -0.15) is 0 Å². The molecule has 3 rings (SSSR count). The zero-order valence-corrected chi connectivity index (χ0v) is 22.3. The van der Waals surface area contributed by atoms with E-state index in [0.29, 0.717) is 23.0 Å². The lowest BCUT2D eigenvalue weighted by molar-refractivity contribution is -0.139. The van der Waals surface area contributed by atoms with Crippen molar-refractivity contribution in [3.63, 3.8) is 0 Å². The highest BCUT2D eigenvalue weighted by molar-refractivity contribution is 6.31. The molecule has 1 N–H and O–H groups in total. The lowest BCUT2D eigenvalue weighted by atomic mass is 10.2. The number of methoxy groups -OCH3 is 2. The number of likely N-dealkylation sites (N-methyl/N-ethyl adjacent to an activating group) is 1. The SMILES string of the molecule is COc1ccc(Cl)cc1NC(=O)COc1ccc(C(=O)OC(C)C(=O)N(C)Cc2ccccc2)cc1OC. The summed E-state index contributed by atoms with van der Waals surface area (Å²) in [5.41, 5.74) is 1.52. The Hall–Kier alpha value is -4.24. The van der Waals surface area contributed by atoms with Gasteiger partial charge >= 0.3 is 5.97 Å². The third-order valence-electron chi connectivity index (χ3n) is 5.46. The lowest BCUT2D eigenvalue weighted by Crippen LogP contribution is -2.37. The number of esters is 1. The summed E-state index contributed by atoms with van der Waals surface area (Å²) < 4.78 is 21.5. The summed E-state index contributed by atoms with van der Waals surface area (Å²) in [5.74, 6) is -0.590. The number of halogens is 1. The predicted molar refractivity (Wildman–Crippen MR) is 143 cm³/mol. The summed E-state index contributed by atoms with van der Waals surface area (Å²) in [6.45, 7) is 1.57. The van der Waals surface area contributed by atoms with Crippen LogP contribution in [0.3, 0.4) is 0 Å². The van der Waals surface area contributed by atoms with E-state index in [1.807, 2.05) is 30.3 Å². The van der Waals surface area contributed by atoms with Crippen molar-refractivity contribution in [2.45, 2.75) is 19.6 Å². The van der Waals surface area contributed by atoms with Crippen LogP contribution in [-0.2, 0) is 20.9 Å². The first-order chi connectivity index (χ1) is 18.2. The van der Waals surface area contributed by atoms with Gasteiger partial charge in [0, 0.05) is 18.6 Å². The van der Waals surface area contributed by atoms with Gasteiger partial charge in [-0.1, -0.05) is 41.9 Å². The van der Waals surface area contributed by atoms with Gasteiger partial charge in [0.1, 0.15) is 5.75 Å². The molecule has 0 aliphatic rings. The number of carbonyl (C=O) groups is 3. The topological polar surface area (TPSA) is 103 Å². The smallest absolute Gasteiger partial charge is 0.339 e. The minimum absolute atomic E-state index is 0.160. The van der Waals surface area contributed by atoms with Crippen LogP contribution in [0.15, 0.2) is 66.7 Å². The number of nitrogens with zero attached hydrogens (tertiary/aromatic N) is 1. The molecule has 2 amide bonds. The molecule has 0 aliphatic heterocycles. The van der Waals surface area contributed by atoms with E-state index in [2.05, 4.69) is 5.32 Å². The van der Waals surface area contributed by atoms with Crippen molar-refractivity contribution in [2.24, 2.45) is 0 Å².